The Bertz CT molecular complexity index is 1530. The third kappa shape index (κ3) is 4.70. The van der Waals surface area contributed by atoms with Crippen LogP contribution in [-0.4, -0.2) is 86.7 Å². The van der Waals surface area contributed by atoms with Crippen LogP contribution < -0.4 is 20.4 Å². The Morgan fingerprint density at radius 2 is 1.85 bits per heavy atom. The van der Waals surface area contributed by atoms with Gasteiger partial charge in [-0.05, 0) is 82.2 Å². The molecule has 0 aromatic heterocycles. The molecular formula is C34H44FN5O5Si. The minimum Gasteiger partial charge on any atom is -0.394 e. The lowest BCUT2D eigenvalue weighted by atomic mass is 9.82. The number of aliphatic hydroxyl groups is 1. The molecule has 2 aromatic carbocycles. The van der Waals surface area contributed by atoms with Gasteiger partial charge in [0.15, 0.2) is 5.60 Å². The second-order valence-corrected chi connectivity index (χ2v) is 17.9. The second kappa shape index (κ2) is 11.4. The summed E-state index contributed by atoms with van der Waals surface area (Å²) in [5.74, 6) is -1.08. The molecule has 2 aromatic rings. The first-order valence-corrected chi connectivity index (χ1v) is 19.6. The van der Waals surface area contributed by atoms with Crippen molar-refractivity contribution >= 4 is 43.2 Å². The fourth-order valence-corrected chi connectivity index (χ4v) is 11.5. The van der Waals surface area contributed by atoms with E-state index in [9.17, 15) is 19.5 Å². The van der Waals surface area contributed by atoms with E-state index in [1.54, 1.807) is 22.9 Å². The van der Waals surface area contributed by atoms with Crippen LogP contribution in [0.3, 0.4) is 0 Å². The van der Waals surface area contributed by atoms with Crippen molar-refractivity contribution in [2.75, 3.05) is 48.0 Å². The van der Waals surface area contributed by atoms with Gasteiger partial charge in [-0.3, -0.25) is 19.3 Å². The highest BCUT2D eigenvalue weighted by Crippen LogP contribution is 2.59. The van der Waals surface area contributed by atoms with Crippen LogP contribution in [0.5, 0.6) is 0 Å². The van der Waals surface area contributed by atoms with Gasteiger partial charge < -0.3 is 34.4 Å². The lowest BCUT2D eigenvalue weighted by molar-refractivity contribution is -0.148. The lowest BCUT2D eigenvalue weighted by Gasteiger charge is -2.39. The standard InChI is InChI=1S/C34H44FN5O5Si/c1-22-30(46(2,3)35)28(19-29(42)38-17-7-10-25(38)20-41)45-34(22)26-18-24(11-12-27(26)37-31(34)43)39-21-40(23-8-5-4-6-9-23)33(32(39)44)13-15-36-16-14-33/h4-6,8-9,11-12,18,22,25,28,30,36,41H,7,10,13-17,19-21H2,1-3H3,(H,37,43)/t22-,25+,28+,30-,34+/m1/s1. The quantitative estimate of drug-likeness (QED) is 0.323. The number of rotatable bonds is 6. The lowest BCUT2D eigenvalue weighted by Crippen LogP contribution is -2.55. The summed E-state index contributed by atoms with van der Waals surface area (Å²) >= 11 is 0. The minimum absolute atomic E-state index is 0.0206. The number of halogens is 1. The zero-order valence-corrected chi connectivity index (χ0v) is 27.8. The van der Waals surface area contributed by atoms with Crippen LogP contribution in [0.25, 0.3) is 0 Å². The predicted molar refractivity (Wildman–Crippen MR) is 176 cm³/mol. The Kier molecular flexibility index (Phi) is 7.77. The van der Waals surface area contributed by atoms with Crippen LogP contribution in [0, 0.1) is 5.92 Å². The Labute approximate surface area is 270 Å². The van der Waals surface area contributed by atoms with Crippen LogP contribution in [0.4, 0.5) is 21.2 Å². The molecule has 246 valence electrons. The number of anilines is 3. The number of amides is 3. The van der Waals surface area contributed by atoms with Crippen molar-refractivity contribution in [2.45, 2.75) is 80.9 Å². The van der Waals surface area contributed by atoms with E-state index < -0.39 is 37.1 Å². The van der Waals surface area contributed by atoms with E-state index in [0.29, 0.717) is 43.0 Å². The molecule has 12 heteroatoms. The molecular weight excluding hydrogens is 605 g/mol. The number of nitrogens with one attached hydrogen (secondary N) is 2. The highest BCUT2D eigenvalue weighted by molar-refractivity contribution is 6.72. The van der Waals surface area contributed by atoms with Gasteiger partial charge in [-0.1, -0.05) is 25.1 Å². The molecule has 3 N–H and O–H groups in total. The number of aliphatic hydroxyl groups excluding tert-OH is 1. The average molecular weight is 650 g/mol. The molecule has 10 nitrogen and oxygen atoms in total. The van der Waals surface area contributed by atoms with Gasteiger partial charge in [0, 0.05) is 40.6 Å². The molecule has 4 saturated heterocycles. The zero-order valence-electron chi connectivity index (χ0n) is 26.8. The Balaban J connectivity index is 1.24. The van der Waals surface area contributed by atoms with E-state index in [1.165, 1.54) is 0 Å². The summed E-state index contributed by atoms with van der Waals surface area (Å²) in [4.78, 5) is 47.5. The third-order valence-electron chi connectivity index (χ3n) is 11.2. The molecule has 0 aliphatic carbocycles. The molecule has 0 bridgehead atoms. The maximum atomic E-state index is 16.2. The highest BCUT2D eigenvalue weighted by Gasteiger charge is 2.66. The van der Waals surface area contributed by atoms with E-state index in [0.717, 1.165) is 31.6 Å². The number of ether oxygens (including phenoxy) is 1. The average Bonchev–Trinajstić information content (AvgIpc) is 3.77. The van der Waals surface area contributed by atoms with E-state index in [-0.39, 0.29) is 36.8 Å². The second-order valence-electron chi connectivity index (χ2n) is 14.1. The molecule has 2 spiro atoms. The van der Waals surface area contributed by atoms with Crippen molar-refractivity contribution in [1.29, 1.82) is 0 Å². The summed E-state index contributed by atoms with van der Waals surface area (Å²) in [7, 11) is -3.45. The van der Waals surface area contributed by atoms with Crippen LogP contribution in [-0.2, 0) is 24.7 Å². The largest absolute Gasteiger partial charge is 0.394 e. The van der Waals surface area contributed by atoms with Crippen LogP contribution in [0.15, 0.2) is 48.5 Å². The van der Waals surface area contributed by atoms with E-state index >= 15 is 4.11 Å². The molecule has 5 atom stereocenters. The van der Waals surface area contributed by atoms with Crippen molar-refractivity contribution in [3.63, 3.8) is 0 Å². The van der Waals surface area contributed by atoms with E-state index in [1.807, 2.05) is 55.5 Å². The number of piperidine rings is 1. The maximum Gasteiger partial charge on any atom is 0.261 e. The topological polar surface area (TPSA) is 114 Å². The summed E-state index contributed by atoms with van der Waals surface area (Å²) in [6, 6.07) is 15.3. The first-order chi connectivity index (χ1) is 22.0. The van der Waals surface area contributed by atoms with Gasteiger partial charge in [0.2, 0.25) is 14.3 Å². The number of hydrogen-bond acceptors (Lipinski definition) is 7. The molecule has 3 amide bonds. The number of para-hydroxylation sites is 1. The van der Waals surface area contributed by atoms with Gasteiger partial charge in [-0.25, -0.2) is 0 Å². The number of nitrogens with zero attached hydrogens (tertiary/aromatic N) is 3. The summed E-state index contributed by atoms with van der Waals surface area (Å²) < 4.78 is 22.9. The van der Waals surface area contributed by atoms with Crippen molar-refractivity contribution < 1.29 is 28.3 Å². The zero-order chi connectivity index (χ0) is 32.4. The van der Waals surface area contributed by atoms with Gasteiger partial charge in [-0.15, -0.1) is 0 Å². The Hall–Kier alpha value is -3.32. The predicted octanol–water partition coefficient (Wildman–Crippen LogP) is 3.72. The Morgan fingerprint density at radius 1 is 1.11 bits per heavy atom. The molecule has 5 aliphatic heterocycles. The molecule has 4 fully saturated rings. The number of carbonyl (C=O) groups excluding carboxylic acids is 3. The van der Waals surface area contributed by atoms with Crippen molar-refractivity contribution in [1.82, 2.24) is 10.2 Å². The molecule has 5 heterocycles. The third-order valence-corrected chi connectivity index (χ3v) is 13.7. The first kappa shape index (κ1) is 31.3. The number of fused-ring (bicyclic) bond motifs is 2. The van der Waals surface area contributed by atoms with Crippen LogP contribution >= 0.6 is 0 Å². The summed E-state index contributed by atoms with van der Waals surface area (Å²) in [5, 5.41) is 16.2. The number of hydrogen-bond donors (Lipinski definition) is 3. The number of carbonyl (C=O) groups is 3. The molecule has 5 aliphatic rings. The summed E-state index contributed by atoms with van der Waals surface area (Å²) in [5.41, 5.74) is 0.00111. The molecule has 0 radical (unpaired) electrons. The molecule has 7 rings (SSSR count). The molecule has 46 heavy (non-hydrogen) atoms. The van der Waals surface area contributed by atoms with E-state index in [4.69, 9.17) is 4.74 Å². The minimum atomic E-state index is -3.45. The van der Waals surface area contributed by atoms with Gasteiger partial charge in [0.05, 0.1) is 31.8 Å². The van der Waals surface area contributed by atoms with Gasteiger partial charge in [-0.2, -0.15) is 0 Å². The highest BCUT2D eigenvalue weighted by atomic mass is 28.4. The Morgan fingerprint density at radius 3 is 2.54 bits per heavy atom. The van der Waals surface area contributed by atoms with Crippen LogP contribution in [0.2, 0.25) is 18.6 Å². The van der Waals surface area contributed by atoms with Crippen molar-refractivity contribution in [3.05, 3.63) is 54.1 Å². The first-order valence-electron chi connectivity index (χ1n) is 16.6. The smallest absolute Gasteiger partial charge is 0.261 e. The maximum absolute atomic E-state index is 16.2. The monoisotopic (exact) mass is 649 g/mol. The van der Waals surface area contributed by atoms with E-state index in [2.05, 4.69) is 15.5 Å². The van der Waals surface area contributed by atoms with Crippen molar-refractivity contribution in [2.24, 2.45) is 5.92 Å². The fraction of sp³-hybridized carbons (Fsp3) is 0.559. The summed E-state index contributed by atoms with van der Waals surface area (Å²) in [6.45, 7) is 7.36. The van der Waals surface area contributed by atoms with Crippen molar-refractivity contribution in [3.8, 4) is 0 Å². The number of benzene rings is 2. The normalized spacial score (nSPS) is 30.5. The van der Waals surface area contributed by atoms with Gasteiger partial charge in [0.25, 0.3) is 11.8 Å². The number of likely N-dealkylation sites (tertiary alicyclic amines) is 1. The van der Waals surface area contributed by atoms with Crippen LogP contribution in [0.1, 0.15) is 44.6 Å². The van der Waals surface area contributed by atoms with Gasteiger partial charge in [0.1, 0.15) is 5.54 Å². The SMILES string of the molecule is C[C@@H]1[C@@H]([Si](C)(C)F)[C@H](CC(=O)N2CCC[C@H]2CO)O[C@@]12C(=O)Nc1ccc(N3CN(c4ccccc4)C4(CCNCC4)C3=O)cc12. The summed E-state index contributed by atoms with van der Waals surface area (Å²) in [6.07, 6.45) is 2.04. The molecule has 0 unspecified atom stereocenters. The molecule has 0 saturated carbocycles. The van der Waals surface area contributed by atoms with Gasteiger partial charge >= 0.3 is 0 Å². The fourth-order valence-electron chi connectivity index (χ4n) is 9.03.